The van der Waals surface area contributed by atoms with Gasteiger partial charge in [0.1, 0.15) is 0 Å². The maximum Gasteiger partial charge on any atom is 0.0685 e. The second kappa shape index (κ2) is 7.57. The molecule has 0 saturated carbocycles. The molecule has 0 aliphatic heterocycles. The molecule has 0 aliphatic carbocycles. The van der Waals surface area contributed by atoms with Gasteiger partial charge in [0.25, 0.3) is 0 Å². The zero-order valence-corrected chi connectivity index (χ0v) is 13.2. The Balaban J connectivity index is 2.29. The van der Waals surface area contributed by atoms with E-state index in [-0.39, 0.29) is 0 Å². The van der Waals surface area contributed by atoms with E-state index in [2.05, 4.69) is 61.4 Å². The van der Waals surface area contributed by atoms with E-state index in [0.717, 1.165) is 16.8 Å². The molecule has 0 aliphatic rings. The van der Waals surface area contributed by atoms with Crippen LogP contribution >= 0.6 is 0 Å². The number of nitrogens with two attached hydrogens (primary N) is 2. The average Bonchev–Trinajstić information content (AvgIpc) is 2.52. The Labute approximate surface area is 132 Å². The molecule has 22 heavy (non-hydrogen) atoms. The van der Waals surface area contributed by atoms with Crippen molar-refractivity contribution in [3.63, 3.8) is 0 Å². The van der Waals surface area contributed by atoms with Crippen molar-refractivity contribution in [2.75, 3.05) is 6.54 Å². The van der Waals surface area contributed by atoms with Crippen molar-refractivity contribution in [3.05, 3.63) is 70.3 Å². The van der Waals surface area contributed by atoms with Gasteiger partial charge in [0.2, 0.25) is 0 Å². The topological polar surface area (TPSA) is 64.4 Å². The van der Waals surface area contributed by atoms with Gasteiger partial charge in [-0.3, -0.25) is 0 Å². The Morgan fingerprint density at radius 2 is 1.73 bits per heavy atom. The molecule has 0 aromatic heterocycles. The summed E-state index contributed by atoms with van der Waals surface area (Å²) in [7, 11) is 0. The highest BCUT2D eigenvalue weighted by Gasteiger charge is 2.03. The highest BCUT2D eigenvalue weighted by Crippen LogP contribution is 2.17. The molecule has 114 valence electrons. The molecule has 0 saturated heterocycles. The highest BCUT2D eigenvalue weighted by atomic mass is 15.1. The molecule has 3 heteroatoms. The number of hydrazone groups is 1. The van der Waals surface area contributed by atoms with Crippen LogP contribution in [0.1, 0.15) is 34.2 Å². The summed E-state index contributed by atoms with van der Waals surface area (Å²) in [6.45, 7) is 4.80. The zero-order valence-electron chi connectivity index (χ0n) is 13.2. The first kappa shape index (κ1) is 16.0. The second-order valence-electron chi connectivity index (χ2n) is 5.38. The van der Waals surface area contributed by atoms with Crippen LogP contribution in [0.2, 0.25) is 0 Å². The number of benzene rings is 2. The molecule has 0 fully saturated rings. The Morgan fingerprint density at radius 1 is 1.05 bits per heavy atom. The van der Waals surface area contributed by atoms with Crippen LogP contribution in [0.4, 0.5) is 0 Å². The number of nitrogens with zero attached hydrogens (tertiary/aromatic N) is 1. The van der Waals surface area contributed by atoms with Gasteiger partial charge < -0.3 is 11.6 Å². The first-order valence-corrected chi connectivity index (χ1v) is 7.47. The van der Waals surface area contributed by atoms with E-state index < -0.39 is 0 Å². The fourth-order valence-electron chi connectivity index (χ4n) is 2.51. The van der Waals surface area contributed by atoms with Gasteiger partial charge in [-0.15, -0.1) is 0 Å². The fraction of sp³-hybridized carbons (Fsp3) is 0.211. The summed E-state index contributed by atoms with van der Waals surface area (Å²) in [6.07, 6.45) is 4.96. The summed E-state index contributed by atoms with van der Waals surface area (Å²) in [5.41, 5.74) is 12.4. The summed E-state index contributed by atoms with van der Waals surface area (Å²) in [4.78, 5) is 0. The predicted molar refractivity (Wildman–Crippen MR) is 95.7 cm³/mol. The van der Waals surface area contributed by atoms with E-state index in [4.69, 9.17) is 11.6 Å². The minimum atomic E-state index is 0.540. The molecular formula is C19H23N3. The Hall–Kier alpha value is -2.39. The quantitative estimate of drug-likeness (QED) is 0.383. The van der Waals surface area contributed by atoms with Crippen LogP contribution < -0.4 is 11.6 Å². The number of hydrogen-bond acceptors (Lipinski definition) is 3. The van der Waals surface area contributed by atoms with Gasteiger partial charge in [-0.05, 0) is 54.3 Å². The number of rotatable bonds is 5. The predicted octanol–water partition coefficient (Wildman–Crippen LogP) is 3.49. The van der Waals surface area contributed by atoms with Crippen molar-refractivity contribution >= 4 is 17.9 Å². The van der Waals surface area contributed by atoms with Crippen LogP contribution in [-0.2, 0) is 0 Å². The second-order valence-corrected chi connectivity index (χ2v) is 5.38. The fourth-order valence-corrected chi connectivity index (χ4v) is 2.51. The normalized spacial score (nSPS) is 12.0. The van der Waals surface area contributed by atoms with E-state index in [1.165, 1.54) is 16.7 Å². The van der Waals surface area contributed by atoms with E-state index in [1.54, 1.807) is 0 Å². The van der Waals surface area contributed by atoms with Crippen molar-refractivity contribution < 1.29 is 0 Å². The molecule has 0 radical (unpaired) electrons. The molecule has 4 N–H and O–H groups in total. The summed E-state index contributed by atoms with van der Waals surface area (Å²) in [5.74, 6) is 5.46. The van der Waals surface area contributed by atoms with Gasteiger partial charge in [0, 0.05) is 6.42 Å². The van der Waals surface area contributed by atoms with Crippen LogP contribution in [0.15, 0.2) is 47.6 Å². The molecule has 3 nitrogen and oxygen atoms in total. The largest absolute Gasteiger partial charge is 0.330 e. The minimum absolute atomic E-state index is 0.540. The van der Waals surface area contributed by atoms with Gasteiger partial charge in [0.05, 0.1) is 5.71 Å². The number of aryl methyl sites for hydroxylation is 2. The van der Waals surface area contributed by atoms with Crippen LogP contribution in [0, 0.1) is 13.8 Å². The van der Waals surface area contributed by atoms with Gasteiger partial charge in [0.15, 0.2) is 0 Å². The van der Waals surface area contributed by atoms with Crippen molar-refractivity contribution in [2.45, 2.75) is 20.3 Å². The standard InChI is InChI=1S/C19H23N3/c1-14-5-3-6-15(2)18(14)10-9-16-7-4-8-17(13-16)19(22-21)11-12-20/h3-10,13H,11-12,20-21H2,1-2H3/b10-9+,22-19-. The van der Waals surface area contributed by atoms with E-state index >= 15 is 0 Å². The molecule has 2 aromatic carbocycles. The monoisotopic (exact) mass is 293 g/mol. The lowest BCUT2D eigenvalue weighted by Gasteiger charge is -2.06. The third kappa shape index (κ3) is 3.83. The van der Waals surface area contributed by atoms with Gasteiger partial charge in [-0.2, -0.15) is 5.10 Å². The van der Waals surface area contributed by atoms with E-state index in [1.807, 2.05) is 12.1 Å². The van der Waals surface area contributed by atoms with Crippen LogP contribution in [0.25, 0.3) is 12.2 Å². The lowest BCUT2D eigenvalue weighted by molar-refractivity contribution is 1.03. The molecule has 2 aromatic rings. The van der Waals surface area contributed by atoms with Gasteiger partial charge in [-0.1, -0.05) is 48.6 Å². The van der Waals surface area contributed by atoms with Gasteiger partial charge >= 0.3 is 0 Å². The summed E-state index contributed by atoms with van der Waals surface area (Å²) in [6, 6.07) is 14.5. The van der Waals surface area contributed by atoms with Crippen molar-refractivity contribution in [3.8, 4) is 0 Å². The molecule has 0 atom stereocenters. The third-order valence-corrected chi connectivity index (χ3v) is 3.74. The van der Waals surface area contributed by atoms with Crippen LogP contribution in [0.5, 0.6) is 0 Å². The Kier molecular flexibility index (Phi) is 5.50. The molecule has 0 spiro atoms. The lowest BCUT2D eigenvalue weighted by Crippen LogP contribution is -2.11. The summed E-state index contributed by atoms with van der Waals surface area (Å²) < 4.78 is 0. The van der Waals surface area contributed by atoms with Crippen LogP contribution in [0.3, 0.4) is 0 Å². The number of hydrogen-bond donors (Lipinski definition) is 2. The first-order chi connectivity index (χ1) is 10.7. The van der Waals surface area contributed by atoms with E-state index in [9.17, 15) is 0 Å². The molecular weight excluding hydrogens is 270 g/mol. The SMILES string of the molecule is Cc1cccc(C)c1/C=C/c1cccc(/C(CCN)=N\N)c1. The third-order valence-electron chi connectivity index (χ3n) is 3.74. The van der Waals surface area contributed by atoms with Crippen LogP contribution in [-0.4, -0.2) is 12.3 Å². The molecule has 2 rings (SSSR count). The summed E-state index contributed by atoms with van der Waals surface area (Å²) in [5, 5.41) is 3.85. The first-order valence-electron chi connectivity index (χ1n) is 7.47. The summed E-state index contributed by atoms with van der Waals surface area (Å²) >= 11 is 0. The molecule has 0 heterocycles. The van der Waals surface area contributed by atoms with Crippen molar-refractivity contribution in [1.82, 2.24) is 0 Å². The average molecular weight is 293 g/mol. The van der Waals surface area contributed by atoms with Crippen molar-refractivity contribution in [1.29, 1.82) is 0 Å². The minimum Gasteiger partial charge on any atom is -0.330 e. The Bertz CT molecular complexity index is 679. The van der Waals surface area contributed by atoms with Crippen molar-refractivity contribution in [2.24, 2.45) is 16.7 Å². The maximum atomic E-state index is 5.60. The Morgan fingerprint density at radius 3 is 2.36 bits per heavy atom. The highest BCUT2D eigenvalue weighted by molar-refractivity contribution is 6.01. The molecule has 0 bridgehead atoms. The lowest BCUT2D eigenvalue weighted by atomic mass is 10.0. The molecule has 0 unspecified atom stereocenters. The zero-order chi connectivity index (χ0) is 15.9. The molecule has 0 amide bonds. The maximum absolute atomic E-state index is 5.60. The smallest absolute Gasteiger partial charge is 0.0685 e. The van der Waals surface area contributed by atoms with E-state index in [0.29, 0.717) is 13.0 Å². The van der Waals surface area contributed by atoms with Gasteiger partial charge in [-0.25, -0.2) is 0 Å².